The topological polar surface area (TPSA) is 66.4 Å². The Bertz CT molecular complexity index is 873. The number of carboxylic acids is 1. The third kappa shape index (κ3) is 6.04. The van der Waals surface area contributed by atoms with Gasteiger partial charge in [-0.25, -0.2) is 4.79 Å². The molecule has 0 unspecified atom stereocenters. The van der Waals surface area contributed by atoms with Crippen molar-refractivity contribution >= 4 is 50.2 Å². The van der Waals surface area contributed by atoms with Crippen LogP contribution < -0.4 is 15.7 Å². The molecule has 2 N–H and O–H groups in total. The zero-order valence-electron chi connectivity index (χ0n) is 17.5. The molecule has 28 heavy (non-hydrogen) atoms. The Morgan fingerprint density at radius 1 is 0.857 bits per heavy atom. The smallest absolute Gasteiger partial charge is 0.328 e. The summed E-state index contributed by atoms with van der Waals surface area (Å²) in [4.78, 5) is 23.5. The fourth-order valence-corrected chi connectivity index (χ4v) is 5.17. The highest BCUT2D eigenvalue weighted by Crippen LogP contribution is 2.14. The minimum absolute atomic E-state index is 0.117. The van der Waals surface area contributed by atoms with E-state index >= 15 is 0 Å². The van der Waals surface area contributed by atoms with E-state index in [1.165, 1.54) is 16.4 Å². The lowest BCUT2D eigenvalue weighted by atomic mass is 10.1. The highest BCUT2D eigenvalue weighted by Gasteiger charge is 2.24. The summed E-state index contributed by atoms with van der Waals surface area (Å²) in [7, 11) is -3.10. The van der Waals surface area contributed by atoms with Crippen molar-refractivity contribution in [2.45, 2.75) is 39.3 Å². The molecule has 2 aromatic carbocycles. The normalized spacial score (nSPS) is 12.2. The third-order valence-electron chi connectivity index (χ3n) is 4.51. The molecule has 0 heterocycles. The van der Waals surface area contributed by atoms with Gasteiger partial charge < -0.3 is 10.4 Å². The summed E-state index contributed by atoms with van der Waals surface area (Å²) >= 11 is 0. The van der Waals surface area contributed by atoms with Crippen LogP contribution in [0.25, 0.3) is 6.08 Å². The average Bonchev–Trinajstić information content (AvgIpc) is 2.59. The van der Waals surface area contributed by atoms with E-state index in [-0.39, 0.29) is 5.91 Å². The van der Waals surface area contributed by atoms with E-state index in [9.17, 15) is 9.59 Å². The lowest BCUT2D eigenvalue weighted by molar-refractivity contribution is -0.131. The van der Waals surface area contributed by atoms with Gasteiger partial charge in [-0.05, 0) is 23.8 Å². The molecule has 0 saturated heterocycles. The first-order chi connectivity index (χ1) is 12.9. The molecule has 0 aliphatic carbocycles. The first-order valence-electron chi connectivity index (χ1n) is 9.35. The number of amides is 1. The molecule has 0 spiro atoms. The molecule has 6 heteroatoms. The van der Waals surface area contributed by atoms with Gasteiger partial charge in [0.1, 0.15) is 0 Å². The molecule has 0 fully saturated rings. The first kappa shape index (κ1) is 21.8. The van der Waals surface area contributed by atoms with Crippen LogP contribution in [0.2, 0.25) is 39.3 Å². The monoisotopic (exact) mass is 411 g/mol. The molecule has 0 aromatic heterocycles. The van der Waals surface area contributed by atoms with Crippen molar-refractivity contribution in [2.75, 3.05) is 5.32 Å². The van der Waals surface area contributed by atoms with Crippen LogP contribution in [0.1, 0.15) is 15.9 Å². The number of benzene rings is 2. The molecule has 0 bridgehead atoms. The maximum Gasteiger partial charge on any atom is 0.328 e. The summed E-state index contributed by atoms with van der Waals surface area (Å²) in [6.07, 6.45) is 2.61. The minimum atomic E-state index is -1.55. The average molecular weight is 412 g/mol. The fourth-order valence-electron chi connectivity index (χ4n) is 2.67. The van der Waals surface area contributed by atoms with Gasteiger partial charge in [-0.2, -0.15) is 0 Å². The van der Waals surface area contributed by atoms with Crippen LogP contribution in [0.4, 0.5) is 5.69 Å². The summed E-state index contributed by atoms with van der Waals surface area (Å²) in [6.45, 7) is 13.8. The second-order valence-corrected chi connectivity index (χ2v) is 19.2. The number of carbonyl (C=O) groups excluding carboxylic acids is 1. The van der Waals surface area contributed by atoms with E-state index in [1.807, 2.05) is 12.1 Å². The SMILES string of the molecule is C[Si](C)(C)c1cc(C(=O)Nc2ccc(/C=C/C(=O)O)cc2)cc([Si](C)(C)C)c1. The van der Waals surface area contributed by atoms with E-state index < -0.39 is 22.1 Å². The number of hydrogen-bond donors (Lipinski definition) is 2. The molecule has 0 aliphatic heterocycles. The number of carboxylic acid groups (broad SMARTS) is 1. The second-order valence-electron chi connectivity index (χ2n) is 9.05. The Kier molecular flexibility index (Phi) is 6.46. The summed E-state index contributed by atoms with van der Waals surface area (Å²) in [6, 6.07) is 13.5. The van der Waals surface area contributed by atoms with Crippen LogP contribution in [-0.4, -0.2) is 33.1 Å². The van der Waals surface area contributed by atoms with Gasteiger partial charge >= 0.3 is 5.97 Å². The van der Waals surface area contributed by atoms with E-state index in [0.717, 1.165) is 11.6 Å². The summed E-state index contributed by atoms with van der Waals surface area (Å²) in [5.74, 6) is -1.11. The lowest BCUT2D eigenvalue weighted by Crippen LogP contribution is -2.46. The number of rotatable bonds is 6. The Morgan fingerprint density at radius 2 is 1.36 bits per heavy atom. The zero-order valence-corrected chi connectivity index (χ0v) is 19.5. The highest BCUT2D eigenvalue weighted by molar-refractivity contribution is 6.91. The fraction of sp³-hybridized carbons (Fsp3) is 0.273. The van der Waals surface area contributed by atoms with Gasteiger partial charge in [0.05, 0.1) is 16.1 Å². The Morgan fingerprint density at radius 3 is 1.79 bits per heavy atom. The molecule has 2 rings (SSSR count). The van der Waals surface area contributed by atoms with Crippen molar-refractivity contribution in [2.24, 2.45) is 0 Å². The molecule has 0 atom stereocenters. The lowest BCUT2D eigenvalue weighted by Gasteiger charge is -2.24. The van der Waals surface area contributed by atoms with Gasteiger partial charge in [-0.1, -0.05) is 80.0 Å². The van der Waals surface area contributed by atoms with Crippen LogP contribution in [0.15, 0.2) is 48.5 Å². The van der Waals surface area contributed by atoms with E-state index in [1.54, 1.807) is 24.3 Å². The number of anilines is 1. The predicted octanol–water partition coefficient (Wildman–Crippen LogP) is 4.13. The molecule has 2 aromatic rings. The standard InChI is InChI=1S/C22H29NO3Si2/c1-27(2,3)19-13-17(14-20(15-19)28(4,5)6)22(26)23-18-10-7-16(8-11-18)9-12-21(24)25/h7-15H,1-6H3,(H,23,26)(H,24,25)/b12-9+. The third-order valence-corrected chi connectivity index (χ3v) is 8.56. The molecule has 0 aliphatic rings. The quantitative estimate of drug-likeness (QED) is 0.555. The van der Waals surface area contributed by atoms with Crippen molar-refractivity contribution in [1.29, 1.82) is 0 Å². The van der Waals surface area contributed by atoms with E-state index in [0.29, 0.717) is 11.3 Å². The van der Waals surface area contributed by atoms with Gasteiger partial charge in [-0.15, -0.1) is 0 Å². The van der Waals surface area contributed by atoms with Crippen molar-refractivity contribution in [3.63, 3.8) is 0 Å². The van der Waals surface area contributed by atoms with Crippen LogP contribution >= 0.6 is 0 Å². The van der Waals surface area contributed by atoms with Gasteiger partial charge in [0, 0.05) is 17.3 Å². The van der Waals surface area contributed by atoms with Crippen molar-refractivity contribution in [3.05, 3.63) is 59.7 Å². The molecule has 0 saturated carbocycles. The second kappa shape index (κ2) is 8.28. The van der Waals surface area contributed by atoms with Crippen LogP contribution in [0, 0.1) is 0 Å². The van der Waals surface area contributed by atoms with Gasteiger partial charge in [0.15, 0.2) is 0 Å². The Hall–Kier alpha value is -2.45. The van der Waals surface area contributed by atoms with E-state index in [4.69, 9.17) is 5.11 Å². The summed E-state index contributed by atoms with van der Waals surface area (Å²) < 4.78 is 0. The minimum Gasteiger partial charge on any atom is -0.478 e. The Labute approximate surface area is 169 Å². The first-order valence-corrected chi connectivity index (χ1v) is 16.3. The van der Waals surface area contributed by atoms with Crippen molar-refractivity contribution < 1.29 is 14.7 Å². The number of nitrogens with one attached hydrogen (secondary N) is 1. The zero-order chi connectivity index (χ0) is 21.1. The number of hydrogen-bond acceptors (Lipinski definition) is 2. The largest absolute Gasteiger partial charge is 0.478 e. The predicted molar refractivity (Wildman–Crippen MR) is 123 cm³/mol. The summed E-state index contributed by atoms with van der Waals surface area (Å²) in [5, 5.41) is 14.3. The van der Waals surface area contributed by atoms with Crippen LogP contribution in [0.3, 0.4) is 0 Å². The maximum absolute atomic E-state index is 12.9. The highest BCUT2D eigenvalue weighted by atomic mass is 28.3. The van der Waals surface area contributed by atoms with E-state index in [2.05, 4.69) is 50.7 Å². The molecular formula is C22H29NO3Si2. The number of aliphatic carboxylic acids is 1. The molecule has 0 radical (unpaired) electrons. The van der Waals surface area contributed by atoms with Gasteiger partial charge in [0.2, 0.25) is 0 Å². The van der Waals surface area contributed by atoms with Gasteiger partial charge in [0.25, 0.3) is 5.91 Å². The van der Waals surface area contributed by atoms with Gasteiger partial charge in [-0.3, -0.25) is 4.79 Å². The molecular weight excluding hydrogens is 382 g/mol. The van der Waals surface area contributed by atoms with Crippen molar-refractivity contribution in [1.82, 2.24) is 0 Å². The number of carbonyl (C=O) groups is 2. The van der Waals surface area contributed by atoms with Crippen LogP contribution in [0.5, 0.6) is 0 Å². The molecule has 4 nitrogen and oxygen atoms in total. The molecule has 148 valence electrons. The summed E-state index contributed by atoms with van der Waals surface area (Å²) in [5.41, 5.74) is 2.15. The molecule has 1 amide bonds. The Balaban J connectivity index is 2.29. The van der Waals surface area contributed by atoms with Crippen LogP contribution in [-0.2, 0) is 4.79 Å². The maximum atomic E-state index is 12.9. The van der Waals surface area contributed by atoms with Crippen molar-refractivity contribution in [3.8, 4) is 0 Å².